The second-order valence-corrected chi connectivity index (χ2v) is 4.97. The summed E-state index contributed by atoms with van der Waals surface area (Å²) in [5.74, 6) is 0.695. The molecule has 0 saturated carbocycles. The van der Waals surface area contributed by atoms with Crippen LogP contribution < -0.4 is 5.73 Å². The van der Waals surface area contributed by atoms with Gasteiger partial charge in [-0.15, -0.1) is 5.10 Å². The van der Waals surface area contributed by atoms with Crippen LogP contribution in [-0.4, -0.2) is 27.5 Å². The largest absolute Gasteiger partial charge is 0.459 e. The summed E-state index contributed by atoms with van der Waals surface area (Å²) >= 11 is 0. The highest BCUT2D eigenvalue weighted by Crippen LogP contribution is 2.32. The Labute approximate surface area is 116 Å². The number of amides is 1. The van der Waals surface area contributed by atoms with Crippen LogP contribution in [0.1, 0.15) is 40.7 Å². The second-order valence-electron chi connectivity index (χ2n) is 4.97. The van der Waals surface area contributed by atoms with Gasteiger partial charge < -0.3 is 15.1 Å². The van der Waals surface area contributed by atoms with Gasteiger partial charge in [0.2, 0.25) is 0 Å². The van der Waals surface area contributed by atoms with Crippen LogP contribution in [0.4, 0.5) is 5.82 Å². The summed E-state index contributed by atoms with van der Waals surface area (Å²) in [6.45, 7) is 2.57. The van der Waals surface area contributed by atoms with Gasteiger partial charge in [-0.3, -0.25) is 4.79 Å². The number of carbonyl (C=O) groups excluding carboxylic acids is 1. The molecule has 6 heteroatoms. The quantitative estimate of drug-likeness (QED) is 0.903. The lowest BCUT2D eigenvalue weighted by Gasteiger charge is -2.23. The molecule has 1 unspecified atom stereocenters. The van der Waals surface area contributed by atoms with Gasteiger partial charge in [-0.1, -0.05) is 0 Å². The third kappa shape index (κ3) is 2.13. The second kappa shape index (κ2) is 4.96. The van der Waals surface area contributed by atoms with Gasteiger partial charge in [0.05, 0.1) is 18.0 Å². The fourth-order valence-electron chi connectivity index (χ4n) is 2.57. The van der Waals surface area contributed by atoms with Gasteiger partial charge in [0.15, 0.2) is 5.76 Å². The van der Waals surface area contributed by atoms with Crippen LogP contribution in [0.3, 0.4) is 0 Å². The highest BCUT2D eigenvalue weighted by molar-refractivity contribution is 5.93. The number of rotatable bonds is 2. The van der Waals surface area contributed by atoms with Crippen molar-refractivity contribution in [3.63, 3.8) is 0 Å². The lowest BCUT2D eigenvalue weighted by molar-refractivity contribution is 0.0699. The summed E-state index contributed by atoms with van der Waals surface area (Å²) in [7, 11) is 0. The third-order valence-electron chi connectivity index (χ3n) is 3.62. The van der Waals surface area contributed by atoms with E-state index in [9.17, 15) is 4.79 Å². The molecular formula is C14H16N4O2. The SMILES string of the molecule is Cc1ccoc1C(=O)N1CCCC1c1ccc(N)nn1. The molecule has 1 aliphatic rings. The summed E-state index contributed by atoms with van der Waals surface area (Å²) in [5.41, 5.74) is 7.17. The number of furan rings is 1. The minimum atomic E-state index is -0.0892. The number of hydrogen-bond acceptors (Lipinski definition) is 5. The average Bonchev–Trinajstić information content (AvgIpc) is 3.07. The molecule has 1 amide bonds. The van der Waals surface area contributed by atoms with Crippen LogP contribution in [-0.2, 0) is 0 Å². The van der Waals surface area contributed by atoms with Crippen LogP contribution in [0, 0.1) is 6.92 Å². The van der Waals surface area contributed by atoms with Gasteiger partial charge in [0.25, 0.3) is 5.91 Å². The van der Waals surface area contributed by atoms with Crippen molar-refractivity contribution in [3.8, 4) is 0 Å². The van der Waals surface area contributed by atoms with Crippen LogP contribution in [0.15, 0.2) is 28.9 Å². The molecule has 3 heterocycles. The summed E-state index contributed by atoms with van der Waals surface area (Å²) in [6.07, 6.45) is 3.36. The van der Waals surface area contributed by atoms with E-state index in [1.807, 2.05) is 13.0 Å². The maximum Gasteiger partial charge on any atom is 0.290 e. The molecular weight excluding hydrogens is 256 g/mol. The molecule has 0 aliphatic carbocycles. The number of nitrogens with two attached hydrogens (primary N) is 1. The Balaban J connectivity index is 1.87. The Kier molecular flexibility index (Phi) is 3.14. The number of anilines is 1. The topological polar surface area (TPSA) is 85.2 Å². The highest BCUT2D eigenvalue weighted by Gasteiger charge is 2.33. The van der Waals surface area contributed by atoms with Crippen molar-refractivity contribution < 1.29 is 9.21 Å². The molecule has 1 aliphatic heterocycles. The molecule has 2 N–H and O–H groups in total. The molecule has 20 heavy (non-hydrogen) atoms. The molecule has 1 fully saturated rings. The van der Waals surface area contributed by atoms with E-state index < -0.39 is 0 Å². The van der Waals surface area contributed by atoms with Crippen molar-refractivity contribution in [2.75, 3.05) is 12.3 Å². The number of nitrogen functional groups attached to an aromatic ring is 1. The first kappa shape index (κ1) is 12.7. The zero-order valence-corrected chi connectivity index (χ0v) is 11.2. The van der Waals surface area contributed by atoms with Crippen molar-refractivity contribution in [2.45, 2.75) is 25.8 Å². The molecule has 3 rings (SSSR count). The molecule has 1 saturated heterocycles. The summed E-state index contributed by atoms with van der Waals surface area (Å²) in [5, 5.41) is 7.96. The Morgan fingerprint density at radius 3 is 2.90 bits per heavy atom. The Bertz CT molecular complexity index is 620. The van der Waals surface area contributed by atoms with Crippen molar-refractivity contribution in [3.05, 3.63) is 41.5 Å². The molecule has 0 bridgehead atoms. The molecule has 6 nitrogen and oxygen atoms in total. The van der Waals surface area contributed by atoms with E-state index in [4.69, 9.17) is 10.2 Å². The van der Waals surface area contributed by atoms with Crippen molar-refractivity contribution in [2.24, 2.45) is 0 Å². The van der Waals surface area contributed by atoms with Gasteiger partial charge in [-0.05, 0) is 38.0 Å². The first-order chi connectivity index (χ1) is 9.66. The number of nitrogens with zero attached hydrogens (tertiary/aromatic N) is 3. The third-order valence-corrected chi connectivity index (χ3v) is 3.62. The Hall–Kier alpha value is -2.37. The lowest BCUT2D eigenvalue weighted by atomic mass is 10.1. The van der Waals surface area contributed by atoms with Gasteiger partial charge in [0, 0.05) is 12.1 Å². The van der Waals surface area contributed by atoms with Crippen LogP contribution >= 0.6 is 0 Å². The monoisotopic (exact) mass is 272 g/mol. The number of aromatic nitrogens is 2. The van der Waals surface area contributed by atoms with E-state index >= 15 is 0 Å². The van der Waals surface area contributed by atoms with E-state index in [1.54, 1.807) is 17.0 Å². The van der Waals surface area contributed by atoms with Crippen LogP contribution in [0.5, 0.6) is 0 Å². The summed E-state index contributed by atoms with van der Waals surface area (Å²) in [6, 6.07) is 5.27. The molecule has 2 aromatic rings. The van der Waals surface area contributed by atoms with E-state index in [0.29, 0.717) is 18.1 Å². The molecule has 1 atom stereocenters. The predicted octanol–water partition coefficient (Wildman–Crippen LogP) is 1.94. The van der Waals surface area contributed by atoms with Crippen molar-refractivity contribution >= 4 is 11.7 Å². The molecule has 0 radical (unpaired) electrons. The maximum absolute atomic E-state index is 12.5. The van der Waals surface area contributed by atoms with Crippen molar-refractivity contribution in [1.29, 1.82) is 0 Å². The fourth-order valence-corrected chi connectivity index (χ4v) is 2.57. The smallest absolute Gasteiger partial charge is 0.290 e. The first-order valence-electron chi connectivity index (χ1n) is 6.61. The first-order valence-corrected chi connectivity index (χ1v) is 6.61. The van der Waals surface area contributed by atoms with E-state index in [1.165, 1.54) is 6.26 Å². The normalized spacial score (nSPS) is 18.4. The zero-order chi connectivity index (χ0) is 14.1. The maximum atomic E-state index is 12.5. The van der Waals surface area contributed by atoms with Gasteiger partial charge in [0.1, 0.15) is 5.82 Å². The average molecular weight is 272 g/mol. The van der Waals surface area contributed by atoms with Crippen LogP contribution in [0.25, 0.3) is 0 Å². The van der Waals surface area contributed by atoms with Crippen molar-refractivity contribution in [1.82, 2.24) is 15.1 Å². The van der Waals surface area contributed by atoms with Gasteiger partial charge >= 0.3 is 0 Å². The molecule has 104 valence electrons. The van der Waals surface area contributed by atoms with E-state index in [-0.39, 0.29) is 11.9 Å². The van der Waals surface area contributed by atoms with Gasteiger partial charge in [-0.25, -0.2) is 0 Å². The minimum Gasteiger partial charge on any atom is -0.459 e. The van der Waals surface area contributed by atoms with Crippen LogP contribution in [0.2, 0.25) is 0 Å². The van der Waals surface area contributed by atoms with E-state index in [2.05, 4.69) is 10.2 Å². The minimum absolute atomic E-state index is 0.0555. The number of carbonyl (C=O) groups is 1. The number of aryl methyl sites for hydroxylation is 1. The standard InChI is InChI=1S/C14H16N4O2/c1-9-6-8-20-13(9)14(19)18-7-2-3-11(18)10-4-5-12(15)17-16-10/h4-6,8,11H,2-3,7H2,1H3,(H2,15,17). The number of likely N-dealkylation sites (tertiary alicyclic amines) is 1. The summed E-state index contributed by atoms with van der Waals surface area (Å²) in [4.78, 5) is 14.3. The fraction of sp³-hybridized carbons (Fsp3) is 0.357. The van der Waals surface area contributed by atoms with E-state index in [0.717, 1.165) is 24.1 Å². The molecule has 2 aromatic heterocycles. The number of hydrogen-bond donors (Lipinski definition) is 1. The summed E-state index contributed by atoms with van der Waals surface area (Å²) < 4.78 is 5.29. The Morgan fingerprint density at radius 1 is 1.40 bits per heavy atom. The molecule has 0 aromatic carbocycles. The molecule has 0 spiro atoms. The van der Waals surface area contributed by atoms with Gasteiger partial charge in [-0.2, -0.15) is 5.10 Å². The highest BCUT2D eigenvalue weighted by atomic mass is 16.3. The predicted molar refractivity (Wildman–Crippen MR) is 72.9 cm³/mol. The lowest BCUT2D eigenvalue weighted by Crippen LogP contribution is -2.31. The zero-order valence-electron chi connectivity index (χ0n) is 11.2. The Morgan fingerprint density at radius 2 is 2.25 bits per heavy atom.